The van der Waals surface area contributed by atoms with E-state index in [2.05, 4.69) is 0 Å². The molecule has 0 fully saturated rings. The van der Waals surface area contributed by atoms with Gasteiger partial charge in [0.25, 0.3) is 10.7 Å². The van der Waals surface area contributed by atoms with E-state index in [1.165, 1.54) is 4.57 Å². The Labute approximate surface area is 86.2 Å². The molecule has 3 nitrogen and oxygen atoms in total. The van der Waals surface area contributed by atoms with Crippen LogP contribution in [0.2, 0.25) is 5.15 Å². The number of nitrogens with zero attached hydrogens (tertiary/aromatic N) is 2. The summed E-state index contributed by atoms with van der Waals surface area (Å²) < 4.78 is 3.25. The molecule has 4 heteroatoms. The van der Waals surface area contributed by atoms with Crippen molar-refractivity contribution in [3.8, 4) is 0 Å². The predicted octanol–water partition coefficient (Wildman–Crippen LogP) is 1.02. The molecule has 0 amide bonds. The smallest absolute Gasteiger partial charge is 0.288 e. The van der Waals surface area contributed by atoms with Crippen LogP contribution in [0.4, 0.5) is 0 Å². The fraction of sp³-hybridized carbons (Fsp3) is 0.200. The lowest BCUT2D eigenvalue weighted by molar-refractivity contribution is -0.667. The van der Waals surface area contributed by atoms with Gasteiger partial charge in [-0.2, -0.15) is 4.57 Å². The van der Waals surface area contributed by atoms with E-state index in [1.807, 2.05) is 25.4 Å². The highest BCUT2D eigenvalue weighted by Gasteiger charge is 2.12. The Bertz CT molecular complexity index is 555. The second-order valence-corrected chi connectivity index (χ2v) is 3.64. The van der Waals surface area contributed by atoms with Crippen LogP contribution in [0.3, 0.4) is 0 Å². The van der Waals surface area contributed by atoms with E-state index in [0.29, 0.717) is 10.5 Å². The van der Waals surface area contributed by atoms with Crippen LogP contribution in [0.1, 0.15) is 0 Å². The molecule has 0 aromatic carbocycles. The number of hydrogen-bond donors (Lipinski definition) is 0. The van der Waals surface area contributed by atoms with Crippen molar-refractivity contribution in [1.82, 2.24) is 4.57 Å². The molecule has 0 spiro atoms. The van der Waals surface area contributed by atoms with Crippen LogP contribution in [0.15, 0.2) is 29.3 Å². The lowest BCUT2D eigenvalue weighted by Crippen LogP contribution is -2.31. The molecule has 0 radical (unpaired) electrons. The van der Waals surface area contributed by atoms with E-state index in [4.69, 9.17) is 11.6 Å². The van der Waals surface area contributed by atoms with Crippen LogP contribution >= 0.6 is 11.6 Å². The zero-order valence-electron chi connectivity index (χ0n) is 7.99. The first kappa shape index (κ1) is 9.21. The first-order valence-electron chi connectivity index (χ1n) is 4.25. The van der Waals surface area contributed by atoms with Crippen LogP contribution in [-0.4, -0.2) is 4.57 Å². The van der Waals surface area contributed by atoms with Crippen LogP contribution in [0.5, 0.6) is 0 Å². The number of pyridine rings is 2. The average molecular weight is 210 g/mol. The molecule has 2 heterocycles. The topological polar surface area (TPSA) is 25.9 Å². The Morgan fingerprint density at radius 1 is 1.43 bits per heavy atom. The van der Waals surface area contributed by atoms with Crippen LogP contribution in [-0.2, 0) is 14.1 Å². The molecule has 2 aromatic heterocycles. The third kappa shape index (κ3) is 1.21. The van der Waals surface area contributed by atoms with Gasteiger partial charge in [0.05, 0.1) is 0 Å². The number of aromatic nitrogens is 2. The van der Waals surface area contributed by atoms with Crippen LogP contribution < -0.4 is 10.1 Å². The zero-order chi connectivity index (χ0) is 10.3. The Morgan fingerprint density at radius 3 is 2.86 bits per heavy atom. The van der Waals surface area contributed by atoms with Gasteiger partial charge in [0.15, 0.2) is 6.20 Å². The average Bonchev–Trinajstić information content (AvgIpc) is 2.17. The van der Waals surface area contributed by atoms with Crippen molar-refractivity contribution in [3.05, 3.63) is 40.0 Å². The maximum Gasteiger partial charge on any atom is 0.288 e. The van der Waals surface area contributed by atoms with Gasteiger partial charge in [-0.15, -0.1) is 0 Å². The van der Waals surface area contributed by atoms with Crippen molar-refractivity contribution in [2.45, 2.75) is 0 Å². The van der Waals surface area contributed by atoms with E-state index < -0.39 is 0 Å². The van der Waals surface area contributed by atoms with Crippen LogP contribution in [0.25, 0.3) is 10.8 Å². The summed E-state index contributed by atoms with van der Waals surface area (Å²) >= 11 is 6.05. The fourth-order valence-electron chi connectivity index (χ4n) is 1.42. The van der Waals surface area contributed by atoms with Gasteiger partial charge in [0, 0.05) is 24.7 Å². The second kappa shape index (κ2) is 3.10. The summed E-state index contributed by atoms with van der Waals surface area (Å²) in [5.74, 6) is 0. The maximum atomic E-state index is 11.8. The maximum absolute atomic E-state index is 11.8. The number of aryl methyl sites for hydroxylation is 2. The minimum absolute atomic E-state index is 0.0660. The van der Waals surface area contributed by atoms with Gasteiger partial charge in [-0.3, -0.25) is 4.79 Å². The monoisotopic (exact) mass is 209 g/mol. The molecule has 2 aromatic rings. The summed E-state index contributed by atoms with van der Waals surface area (Å²) in [6.45, 7) is 0. The third-order valence-corrected chi connectivity index (χ3v) is 2.75. The largest absolute Gasteiger partial charge is 0.318 e. The predicted molar refractivity (Wildman–Crippen MR) is 55.4 cm³/mol. The van der Waals surface area contributed by atoms with Gasteiger partial charge in [-0.05, 0) is 17.7 Å². The Kier molecular flexibility index (Phi) is 2.04. The van der Waals surface area contributed by atoms with Gasteiger partial charge in [-0.1, -0.05) is 0 Å². The molecule has 0 bridgehead atoms. The Balaban J connectivity index is 3.06. The number of rotatable bonds is 0. The molecule has 0 unspecified atom stereocenters. The van der Waals surface area contributed by atoms with E-state index in [1.54, 1.807) is 17.8 Å². The van der Waals surface area contributed by atoms with Crippen molar-refractivity contribution in [3.63, 3.8) is 0 Å². The van der Waals surface area contributed by atoms with Crippen molar-refractivity contribution >= 4 is 22.4 Å². The Hall–Kier alpha value is -1.35. The molecule has 0 aliphatic rings. The van der Waals surface area contributed by atoms with Gasteiger partial charge in [0.2, 0.25) is 0 Å². The van der Waals surface area contributed by atoms with E-state index in [9.17, 15) is 4.79 Å². The van der Waals surface area contributed by atoms with Crippen molar-refractivity contribution in [2.75, 3.05) is 0 Å². The summed E-state index contributed by atoms with van der Waals surface area (Å²) in [5, 5.41) is 1.92. The molecular weight excluding hydrogens is 200 g/mol. The molecule has 2 rings (SSSR count). The number of hydrogen-bond acceptors (Lipinski definition) is 1. The third-order valence-electron chi connectivity index (χ3n) is 2.29. The molecular formula is C10H10ClN2O+. The molecule has 0 N–H and O–H groups in total. The minimum atomic E-state index is -0.0660. The van der Waals surface area contributed by atoms with Crippen molar-refractivity contribution in [2.24, 2.45) is 14.1 Å². The van der Waals surface area contributed by atoms with E-state index >= 15 is 0 Å². The molecule has 0 saturated carbocycles. The Morgan fingerprint density at radius 2 is 2.14 bits per heavy atom. The van der Waals surface area contributed by atoms with Crippen LogP contribution in [0, 0.1) is 0 Å². The molecule has 0 aliphatic carbocycles. The summed E-state index contributed by atoms with van der Waals surface area (Å²) in [6.07, 6.45) is 3.57. The first-order chi connectivity index (χ1) is 6.61. The molecule has 0 saturated heterocycles. The van der Waals surface area contributed by atoms with Crippen molar-refractivity contribution in [1.29, 1.82) is 0 Å². The molecule has 0 aliphatic heterocycles. The molecule has 14 heavy (non-hydrogen) atoms. The van der Waals surface area contributed by atoms with E-state index in [-0.39, 0.29) is 5.56 Å². The number of halogens is 1. The summed E-state index contributed by atoms with van der Waals surface area (Å²) in [4.78, 5) is 11.8. The highest BCUT2D eigenvalue weighted by Crippen LogP contribution is 2.14. The van der Waals surface area contributed by atoms with Gasteiger partial charge < -0.3 is 4.57 Å². The molecule has 0 atom stereocenters. The van der Waals surface area contributed by atoms with Gasteiger partial charge >= 0.3 is 0 Å². The molecule has 72 valence electrons. The summed E-state index contributed by atoms with van der Waals surface area (Å²) in [5.41, 5.74) is -0.0660. The first-order valence-corrected chi connectivity index (χ1v) is 4.62. The minimum Gasteiger partial charge on any atom is -0.318 e. The standard InChI is InChI=1S/C10H10ClN2O/c1-12-5-3-7-4-6-13(2)10(14)8(7)9(12)11/h3-6H,1-2H3/q+1. The van der Waals surface area contributed by atoms with Gasteiger partial charge in [0.1, 0.15) is 12.4 Å². The SMILES string of the molecule is Cn1ccc2cc[n+](C)c(Cl)c2c1=O. The normalized spacial score (nSPS) is 10.8. The highest BCUT2D eigenvalue weighted by molar-refractivity contribution is 6.33. The number of fused-ring (bicyclic) bond motifs is 1. The lowest BCUT2D eigenvalue weighted by Gasteiger charge is -2.00. The summed E-state index contributed by atoms with van der Waals surface area (Å²) in [6, 6.07) is 3.76. The van der Waals surface area contributed by atoms with Crippen molar-refractivity contribution < 1.29 is 4.57 Å². The highest BCUT2D eigenvalue weighted by atomic mass is 35.5. The van der Waals surface area contributed by atoms with Gasteiger partial charge in [-0.25, -0.2) is 0 Å². The zero-order valence-corrected chi connectivity index (χ0v) is 8.75. The fourth-order valence-corrected chi connectivity index (χ4v) is 1.67. The lowest BCUT2D eigenvalue weighted by atomic mass is 10.2. The van der Waals surface area contributed by atoms with E-state index in [0.717, 1.165) is 5.39 Å². The summed E-state index contributed by atoms with van der Waals surface area (Å²) in [7, 11) is 3.53. The quantitative estimate of drug-likeness (QED) is 0.470. The second-order valence-electron chi connectivity index (χ2n) is 3.28.